The fraction of sp³-hybridized carbons (Fsp3) is 0.538. The predicted octanol–water partition coefficient (Wildman–Crippen LogP) is 5.19. The second-order valence-electron chi connectivity index (χ2n) is 4.75. The molecule has 1 unspecified atom stereocenters. The van der Waals surface area contributed by atoms with E-state index >= 15 is 0 Å². The van der Waals surface area contributed by atoms with Crippen LogP contribution in [0.5, 0.6) is 0 Å². The Morgan fingerprint density at radius 2 is 1.94 bits per heavy atom. The molecule has 1 saturated carbocycles. The van der Waals surface area contributed by atoms with Crippen LogP contribution in [0.2, 0.25) is 15.1 Å². The second kappa shape index (κ2) is 5.80. The summed E-state index contributed by atoms with van der Waals surface area (Å²) in [5.41, 5.74) is 1.00. The quantitative estimate of drug-likeness (QED) is 0.748. The fourth-order valence-corrected chi connectivity index (χ4v) is 3.36. The first kappa shape index (κ1) is 14.8. The summed E-state index contributed by atoms with van der Waals surface area (Å²) in [6, 6.07) is 3.91. The van der Waals surface area contributed by atoms with Crippen molar-refractivity contribution in [2.45, 2.75) is 30.6 Å². The SMILES string of the molecule is CSC1(CNC(C)c2ccc(Cl)c(Cl)c2Cl)CC1. The highest BCUT2D eigenvalue weighted by Gasteiger charge is 2.41. The number of hydrogen-bond donors (Lipinski definition) is 1. The van der Waals surface area contributed by atoms with Crippen molar-refractivity contribution >= 4 is 46.6 Å². The third-order valence-corrected chi connectivity index (χ3v) is 6.23. The molecule has 0 aromatic heterocycles. The van der Waals surface area contributed by atoms with Crippen molar-refractivity contribution in [1.29, 1.82) is 0 Å². The van der Waals surface area contributed by atoms with Gasteiger partial charge in [-0.25, -0.2) is 0 Å². The van der Waals surface area contributed by atoms with Crippen LogP contribution in [-0.4, -0.2) is 17.5 Å². The molecule has 0 amide bonds. The third kappa shape index (κ3) is 3.10. The summed E-state index contributed by atoms with van der Waals surface area (Å²) in [6.45, 7) is 3.10. The first-order valence-electron chi connectivity index (χ1n) is 5.91. The molecular weight excluding hydrogens is 309 g/mol. The lowest BCUT2D eigenvalue weighted by atomic mass is 10.1. The second-order valence-corrected chi connectivity index (χ2v) is 7.19. The molecule has 1 aliphatic rings. The number of nitrogens with one attached hydrogen (secondary N) is 1. The van der Waals surface area contributed by atoms with Gasteiger partial charge in [0, 0.05) is 17.3 Å². The summed E-state index contributed by atoms with van der Waals surface area (Å²) in [5.74, 6) is 0. The van der Waals surface area contributed by atoms with Crippen LogP contribution in [0, 0.1) is 0 Å². The first-order chi connectivity index (χ1) is 8.49. The summed E-state index contributed by atoms with van der Waals surface area (Å²) in [5, 5.41) is 5.03. The molecule has 2 rings (SSSR count). The zero-order valence-electron chi connectivity index (χ0n) is 10.4. The maximum absolute atomic E-state index is 6.23. The predicted molar refractivity (Wildman–Crippen MR) is 83.4 cm³/mol. The summed E-state index contributed by atoms with van der Waals surface area (Å²) in [7, 11) is 0. The molecule has 1 aromatic carbocycles. The van der Waals surface area contributed by atoms with Gasteiger partial charge in [0.05, 0.1) is 15.1 Å². The van der Waals surface area contributed by atoms with E-state index in [0.29, 0.717) is 19.8 Å². The number of halogens is 3. The lowest BCUT2D eigenvalue weighted by molar-refractivity contribution is 0.563. The largest absolute Gasteiger partial charge is 0.309 e. The van der Waals surface area contributed by atoms with Gasteiger partial charge in [-0.3, -0.25) is 0 Å². The molecule has 18 heavy (non-hydrogen) atoms. The maximum atomic E-state index is 6.23. The van der Waals surface area contributed by atoms with E-state index in [4.69, 9.17) is 34.8 Å². The van der Waals surface area contributed by atoms with E-state index in [1.807, 2.05) is 17.8 Å². The molecule has 5 heteroatoms. The van der Waals surface area contributed by atoms with Crippen LogP contribution in [0.3, 0.4) is 0 Å². The average Bonchev–Trinajstić information content (AvgIpc) is 3.14. The smallest absolute Gasteiger partial charge is 0.0781 e. The van der Waals surface area contributed by atoms with Gasteiger partial charge in [0.15, 0.2) is 0 Å². The van der Waals surface area contributed by atoms with E-state index < -0.39 is 0 Å². The lowest BCUT2D eigenvalue weighted by Gasteiger charge is -2.20. The molecular formula is C13H16Cl3NS. The van der Waals surface area contributed by atoms with Crippen molar-refractivity contribution < 1.29 is 0 Å². The summed E-state index contributed by atoms with van der Waals surface area (Å²) < 4.78 is 0.441. The van der Waals surface area contributed by atoms with Crippen molar-refractivity contribution in [2.24, 2.45) is 0 Å². The highest BCUT2D eigenvalue weighted by atomic mass is 35.5. The van der Waals surface area contributed by atoms with Crippen LogP contribution in [0.1, 0.15) is 31.4 Å². The van der Waals surface area contributed by atoms with E-state index in [2.05, 4.69) is 18.5 Å². The highest BCUT2D eigenvalue weighted by Crippen LogP contribution is 2.47. The summed E-state index contributed by atoms with van der Waals surface area (Å²) in [6.07, 6.45) is 4.76. The van der Waals surface area contributed by atoms with Crippen molar-refractivity contribution in [3.63, 3.8) is 0 Å². The number of benzene rings is 1. The Balaban J connectivity index is 2.05. The fourth-order valence-electron chi connectivity index (χ4n) is 1.92. The van der Waals surface area contributed by atoms with Crippen LogP contribution in [0.4, 0.5) is 0 Å². The number of rotatable bonds is 5. The highest BCUT2D eigenvalue weighted by molar-refractivity contribution is 8.00. The minimum absolute atomic E-state index is 0.178. The Morgan fingerprint density at radius 1 is 1.28 bits per heavy atom. The Bertz CT molecular complexity index is 446. The maximum Gasteiger partial charge on any atom is 0.0781 e. The molecule has 0 heterocycles. The van der Waals surface area contributed by atoms with Gasteiger partial charge in [-0.1, -0.05) is 40.9 Å². The molecule has 0 radical (unpaired) electrons. The number of thioether (sulfide) groups is 1. The molecule has 1 nitrogen and oxygen atoms in total. The number of hydrogen-bond acceptors (Lipinski definition) is 2. The van der Waals surface area contributed by atoms with Crippen LogP contribution in [-0.2, 0) is 0 Å². The van der Waals surface area contributed by atoms with Crippen molar-refractivity contribution in [3.05, 3.63) is 32.8 Å². The van der Waals surface area contributed by atoms with Gasteiger partial charge in [-0.05, 0) is 37.7 Å². The Hall–Kier alpha value is 0.400. The first-order valence-corrected chi connectivity index (χ1v) is 8.27. The van der Waals surface area contributed by atoms with Crippen LogP contribution >= 0.6 is 46.6 Å². The average molecular weight is 325 g/mol. The Labute approximate surface area is 128 Å². The molecule has 1 aliphatic carbocycles. The standard InChI is InChI=1S/C13H16Cl3NS/c1-8(17-7-13(18-2)5-6-13)9-3-4-10(14)12(16)11(9)15/h3-4,8,17H,5-7H2,1-2H3. The van der Waals surface area contributed by atoms with E-state index in [0.717, 1.165) is 12.1 Å². The molecule has 100 valence electrons. The molecule has 1 aromatic rings. The normalized spacial score (nSPS) is 18.7. The topological polar surface area (TPSA) is 12.0 Å². The molecule has 0 bridgehead atoms. The zero-order valence-corrected chi connectivity index (χ0v) is 13.5. The van der Waals surface area contributed by atoms with E-state index in [9.17, 15) is 0 Å². The molecule has 1 N–H and O–H groups in total. The van der Waals surface area contributed by atoms with Gasteiger partial charge in [-0.15, -0.1) is 0 Å². The van der Waals surface area contributed by atoms with Crippen molar-refractivity contribution in [2.75, 3.05) is 12.8 Å². The Morgan fingerprint density at radius 3 is 2.50 bits per heavy atom. The van der Waals surface area contributed by atoms with Gasteiger partial charge in [0.25, 0.3) is 0 Å². The van der Waals surface area contributed by atoms with Crippen molar-refractivity contribution in [3.8, 4) is 0 Å². The molecule has 1 atom stereocenters. The lowest BCUT2D eigenvalue weighted by Crippen LogP contribution is -2.28. The minimum Gasteiger partial charge on any atom is -0.309 e. The van der Waals surface area contributed by atoms with Crippen molar-refractivity contribution in [1.82, 2.24) is 5.32 Å². The van der Waals surface area contributed by atoms with Crippen LogP contribution in [0.25, 0.3) is 0 Å². The minimum atomic E-state index is 0.178. The summed E-state index contributed by atoms with van der Waals surface area (Å²) >= 11 is 20.2. The van der Waals surface area contributed by atoms with E-state index in [1.54, 1.807) is 6.07 Å². The summed E-state index contributed by atoms with van der Waals surface area (Å²) in [4.78, 5) is 0. The van der Waals surface area contributed by atoms with E-state index in [-0.39, 0.29) is 6.04 Å². The van der Waals surface area contributed by atoms with Gasteiger partial charge >= 0.3 is 0 Å². The molecule has 0 aliphatic heterocycles. The van der Waals surface area contributed by atoms with Crippen LogP contribution < -0.4 is 5.32 Å². The van der Waals surface area contributed by atoms with Gasteiger partial charge in [0.2, 0.25) is 0 Å². The van der Waals surface area contributed by atoms with Crippen LogP contribution in [0.15, 0.2) is 12.1 Å². The monoisotopic (exact) mass is 323 g/mol. The zero-order chi connectivity index (χ0) is 13.3. The Kier molecular flexibility index (Phi) is 4.77. The molecule has 1 fully saturated rings. The van der Waals surface area contributed by atoms with Gasteiger partial charge < -0.3 is 5.32 Å². The molecule has 0 saturated heterocycles. The third-order valence-electron chi connectivity index (χ3n) is 3.50. The van der Waals surface area contributed by atoms with E-state index in [1.165, 1.54) is 12.8 Å². The van der Waals surface area contributed by atoms with Gasteiger partial charge in [0.1, 0.15) is 0 Å². The molecule has 0 spiro atoms. The van der Waals surface area contributed by atoms with Gasteiger partial charge in [-0.2, -0.15) is 11.8 Å².